The average Bonchev–Trinajstić information content (AvgIpc) is 3.41. The number of hydrogen-bond donors (Lipinski definition) is 1. The summed E-state index contributed by atoms with van der Waals surface area (Å²) >= 11 is 0. The van der Waals surface area contributed by atoms with E-state index in [-0.39, 0.29) is 31.3 Å². The van der Waals surface area contributed by atoms with Crippen LogP contribution in [0.2, 0.25) is 0 Å². The Labute approximate surface area is 181 Å². The first-order valence-corrected chi connectivity index (χ1v) is 10.4. The van der Waals surface area contributed by atoms with Crippen molar-refractivity contribution in [2.45, 2.75) is 37.9 Å². The lowest BCUT2D eigenvalue weighted by atomic mass is 10.1. The minimum atomic E-state index is -4.45. The summed E-state index contributed by atoms with van der Waals surface area (Å²) in [6.07, 6.45) is -2.28. The van der Waals surface area contributed by atoms with Crippen LogP contribution in [-0.2, 0) is 22.3 Å². The summed E-state index contributed by atoms with van der Waals surface area (Å²) in [5.41, 5.74) is 1.50. The number of amides is 2. The molecule has 1 aromatic heterocycles. The van der Waals surface area contributed by atoms with Gasteiger partial charge in [-0.3, -0.25) is 9.59 Å². The molecule has 1 aliphatic carbocycles. The van der Waals surface area contributed by atoms with Crippen molar-refractivity contribution in [1.29, 1.82) is 0 Å². The molecule has 2 fully saturated rings. The lowest BCUT2D eigenvalue weighted by molar-refractivity contribution is -0.137. The first kappa shape index (κ1) is 20.5. The summed E-state index contributed by atoms with van der Waals surface area (Å²) in [6.45, 7) is 0.181. The topological polar surface area (TPSA) is 75.4 Å². The van der Waals surface area contributed by atoms with Crippen LogP contribution in [0.1, 0.15) is 42.2 Å². The molecule has 166 valence electrons. The van der Waals surface area contributed by atoms with Gasteiger partial charge in [0.1, 0.15) is 5.52 Å². The smallest absolute Gasteiger partial charge is 0.416 e. The van der Waals surface area contributed by atoms with E-state index in [1.54, 1.807) is 24.3 Å². The number of oxazole rings is 1. The SMILES string of the molecule is O=C(Nc1ccc2oc(C3CC3)nc2c1)C1CC(=O)N(Cc2cccc(C(F)(F)F)c2)C1. The molecule has 3 aromatic rings. The second-order valence-electron chi connectivity index (χ2n) is 8.37. The number of nitrogens with zero attached hydrogens (tertiary/aromatic N) is 2. The molecule has 1 N–H and O–H groups in total. The van der Waals surface area contributed by atoms with E-state index in [1.165, 1.54) is 11.0 Å². The predicted molar refractivity (Wildman–Crippen MR) is 110 cm³/mol. The number of anilines is 1. The summed E-state index contributed by atoms with van der Waals surface area (Å²) in [5, 5.41) is 2.82. The van der Waals surface area contributed by atoms with Gasteiger partial charge in [0, 0.05) is 31.1 Å². The largest absolute Gasteiger partial charge is 0.440 e. The molecule has 6 nitrogen and oxygen atoms in total. The molecule has 1 saturated heterocycles. The van der Waals surface area contributed by atoms with Crippen LogP contribution in [0.5, 0.6) is 0 Å². The van der Waals surface area contributed by atoms with Gasteiger partial charge in [0.25, 0.3) is 0 Å². The van der Waals surface area contributed by atoms with E-state index < -0.39 is 17.7 Å². The Morgan fingerprint density at radius 2 is 2.00 bits per heavy atom. The zero-order chi connectivity index (χ0) is 22.5. The average molecular weight is 443 g/mol. The lowest BCUT2D eigenvalue weighted by Gasteiger charge is -2.17. The third kappa shape index (κ3) is 4.19. The van der Waals surface area contributed by atoms with Crippen LogP contribution < -0.4 is 5.32 Å². The summed E-state index contributed by atoms with van der Waals surface area (Å²) < 4.78 is 44.5. The number of benzene rings is 2. The summed E-state index contributed by atoms with van der Waals surface area (Å²) in [6, 6.07) is 10.1. The molecule has 1 saturated carbocycles. The van der Waals surface area contributed by atoms with Crippen LogP contribution >= 0.6 is 0 Å². The number of likely N-dealkylation sites (tertiary alicyclic amines) is 1. The van der Waals surface area contributed by atoms with E-state index in [1.807, 2.05) is 0 Å². The number of carbonyl (C=O) groups is 2. The highest BCUT2D eigenvalue weighted by atomic mass is 19.4. The Bertz CT molecular complexity index is 1200. The summed E-state index contributed by atoms with van der Waals surface area (Å²) in [4.78, 5) is 31.0. The standard InChI is InChI=1S/C23H20F3N3O3/c24-23(25,26)16-3-1-2-13(8-16)11-29-12-15(9-20(29)30)21(31)27-17-6-7-19-18(10-17)28-22(32-19)14-4-5-14/h1-3,6-8,10,14-15H,4-5,9,11-12H2,(H,27,31). The fraction of sp³-hybridized carbons (Fsp3) is 0.348. The molecule has 2 aromatic carbocycles. The molecule has 1 aliphatic heterocycles. The van der Waals surface area contributed by atoms with Gasteiger partial charge in [-0.1, -0.05) is 12.1 Å². The minimum Gasteiger partial charge on any atom is -0.440 e. The van der Waals surface area contributed by atoms with Crippen molar-refractivity contribution in [2.24, 2.45) is 5.92 Å². The van der Waals surface area contributed by atoms with Crippen LogP contribution in [0.25, 0.3) is 11.1 Å². The molecule has 0 spiro atoms. The van der Waals surface area contributed by atoms with Crippen LogP contribution in [0.4, 0.5) is 18.9 Å². The molecule has 0 bridgehead atoms. The first-order chi connectivity index (χ1) is 15.3. The van der Waals surface area contributed by atoms with Gasteiger partial charge in [-0.25, -0.2) is 4.98 Å². The number of hydrogen-bond acceptors (Lipinski definition) is 4. The molecule has 2 amide bonds. The second-order valence-corrected chi connectivity index (χ2v) is 8.37. The molecular weight excluding hydrogens is 423 g/mol. The number of aromatic nitrogens is 1. The highest BCUT2D eigenvalue weighted by molar-refractivity contribution is 5.98. The zero-order valence-corrected chi connectivity index (χ0v) is 17.0. The van der Waals surface area contributed by atoms with Gasteiger partial charge in [0.2, 0.25) is 11.8 Å². The lowest BCUT2D eigenvalue weighted by Crippen LogP contribution is -2.28. The number of fused-ring (bicyclic) bond motifs is 1. The Balaban J connectivity index is 1.24. The van der Waals surface area contributed by atoms with E-state index in [4.69, 9.17) is 4.42 Å². The Kier molecular flexibility index (Phi) is 4.91. The van der Waals surface area contributed by atoms with Gasteiger partial charge in [-0.15, -0.1) is 0 Å². The monoisotopic (exact) mass is 443 g/mol. The molecule has 2 heterocycles. The molecule has 9 heteroatoms. The van der Waals surface area contributed by atoms with Crippen molar-refractivity contribution in [3.05, 3.63) is 59.5 Å². The van der Waals surface area contributed by atoms with Crippen molar-refractivity contribution < 1.29 is 27.2 Å². The van der Waals surface area contributed by atoms with Gasteiger partial charge >= 0.3 is 6.18 Å². The van der Waals surface area contributed by atoms with E-state index in [0.29, 0.717) is 28.3 Å². The number of halogens is 3. The molecule has 5 rings (SSSR count). The molecule has 2 aliphatic rings. The quantitative estimate of drug-likeness (QED) is 0.620. The van der Waals surface area contributed by atoms with E-state index in [2.05, 4.69) is 10.3 Å². The first-order valence-electron chi connectivity index (χ1n) is 10.4. The van der Waals surface area contributed by atoms with Gasteiger partial charge in [-0.05, 0) is 48.7 Å². The zero-order valence-electron chi connectivity index (χ0n) is 17.0. The third-order valence-corrected chi connectivity index (χ3v) is 5.81. The van der Waals surface area contributed by atoms with Crippen LogP contribution in [-0.4, -0.2) is 28.2 Å². The van der Waals surface area contributed by atoms with Gasteiger partial charge < -0.3 is 14.6 Å². The number of nitrogens with one attached hydrogen (secondary N) is 1. The fourth-order valence-electron chi connectivity index (χ4n) is 3.94. The van der Waals surface area contributed by atoms with Crippen LogP contribution in [0, 0.1) is 5.92 Å². The number of carbonyl (C=O) groups excluding carboxylic acids is 2. The maximum absolute atomic E-state index is 12.9. The molecule has 1 atom stereocenters. The summed E-state index contributed by atoms with van der Waals surface area (Å²) in [7, 11) is 0. The number of alkyl halides is 3. The Morgan fingerprint density at radius 1 is 1.19 bits per heavy atom. The van der Waals surface area contributed by atoms with Crippen LogP contribution in [0.3, 0.4) is 0 Å². The highest BCUT2D eigenvalue weighted by Gasteiger charge is 2.35. The van der Waals surface area contributed by atoms with Gasteiger partial charge in [0.15, 0.2) is 11.5 Å². The predicted octanol–water partition coefficient (Wildman–Crippen LogP) is 4.71. The number of rotatable bonds is 5. The van der Waals surface area contributed by atoms with Crippen molar-refractivity contribution in [3.63, 3.8) is 0 Å². The normalized spacial score (nSPS) is 19.0. The molecule has 1 unspecified atom stereocenters. The van der Waals surface area contributed by atoms with Gasteiger partial charge in [-0.2, -0.15) is 13.2 Å². The summed E-state index contributed by atoms with van der Waals surface area (Å²) in [5.74, 6) is -0.0510. The van der Waals surface area contributed by atoms with Crippen molar-refractivity contribution in [1.82, 2.24) is 9.88 Å². The van der Waals surface area contributed by atoms with Gasteiger partial charge in [0.05, 0.1) is 11.5 Å². The highest BCUT2D eigenvalue weighted by Crippen LogP contribution is 2.40. The fourth-order valence-corrected chi connectivity index (χ4v) is 3.94. The minimum absolute atomic E-state index is 0.0167. The van der Waals surface area contributed by atoms with Crippen molar-refractivity contribution >= 4 is 28.6 Å². The molecule has 32 heavy (non-hydrogen) atoms. The van der Waals surface area contributed by atoms with E-state index >= 15 is 0 Å². The van der Waals surface area contributed by atoms with Crippen molar-refractivity contribution in [2.75, 3.05) is 11.9 Å². The maximum Gasteiger partial charge on any atom is 0.416 e. The third-order valence-electron chi connectivity index (χ3n) is 5.81. The van der Waals surface area contributed by atoms with Crippen LogP contribution in [0.15, 0.2) is 46.9 Å². The van der Waals surface area contributed by atoms with E-state index in [0.717, 1.165) is 30.9 Å². The Hall–Kier alpha value is -3.36. The van der Waals surface area contributed by atoms with Crippen molar-refractivity contribution in [3.8, 4) is 0 Å². The van der Waals surface area contributed by atoms with E-state index in [9.17, 15) is 22.8 Å². The molecule has 0 radical (unpaired) electrons. The molecular formula is C23H20F3N3O3. The Morgan fingerprint density at radius 3 is 2.75 bits per heavy atom. The maximum atomic E-state index is 12.9. The second kappa shape index (κ2) is 7.65.